The van der Waals surface area contributed by atoms with E-state index in [2.05, 4.69) is 0 Å². The molecule has 1 aromatic carbocycles. The molecule has 2 atom stereocenters. The monoisotopic (exact) mass is 349 g/mol. The van der Waals surface area contributed by atoms with Gasteiger partial charge in [-0.1, -0.05) is 31.4 Å². The molecule has 1 saturated carbocycles. The smallest absolute Gasteiger partial charge is 0.225 e. The molecule has 2 aliphatic rings. The van der Waals surface area contributed by atoms with Crippen LogP contribution in [0, 0.1) is 5.82 Å². The average Bonchev–Trinajstić information content (AvgIpc) is 3.04. The number of benzene rings is 1. The number of aliphatic hydroxyl groups is 2. The molecule has 5 heteroatoms. The number of carbonyl (C=O) groups is 1. The minimum Gasteiger partial charge on any atom is -0.389 e. The van der Waals surface area contributed by atoms with Crippen molar-refractivity contribution in [2.75, 3.05) is 6.54 Å². The highest BCUT2D eigenvalue weighted by Gasteiger charge is 2.37. The van der Waals surface area contributed by atoms with Gasteiger partial charge in [0.05, 0.1) is 18.1 Å². The molecule has 0 radical (unpaired) electrons. The van der Waals surface area contributed by atoms with Crippen molar-refractivity contribution in [2.24, 2.45) is 0 Å². The summed E-state index contributed by atoms with van der Waals surface area (Å²) in [6, 6.07) is 5.85. The van der Waals surface area contributed by atoms with Gasteiger partial charge in [0.25, 0.3) is 0 Å². The van der Waals surface area contributed by atoms with Gasteiger partial charge in [-0.3, -0.25) is 4.79 Å². The molecule has 0 aromatic heterocycles. The number of hydrogen-bond acceptors (Lipinski definition) is 3. The Kier molecular flexibility index (Phi) is 5.74. The zero-order valence-electron chi connectivity index (χ0n) is 14.7. The Labute approximate surface area is 148 Å². The van der Waals surface area contributed by atoms with Gasteiger partial charge in [0.1, 0.15) is 5.82 Å². The SMILES string of the molecule is O=C(CC1(O)CCCCC1)N1CCCC1CC(O)c1ccc(F)cc1. The zero-order chi connectivity index (χ0) is 17.9. The topological polar surface area (TPSA) is 60.8 Å². The molecule has 0 bridgehead atoms. The van der Waals surface area contributed by atoms with Crippen LogP contribution in [0.15, 0.2) is 24.3 Å². The summed E-state index contributed by atoms with van der Waals surface area (Å²) < 4.78 is 13.0. The predicted octanol–water partition coefficient (Wildman–Crippen LogP) is 3.33. The normalized spacial score (nSPS) is 24.3. The first-order valence-electron chi connectivity index (χ1n) is 9.42. The second kappa shape index (κ2) is 7.83. The lowest BCUT2D eigenvalue weighted by molar-refractivity contribution is -0.139. The number of amides is 1. The number of nitrogens with zero attached hydrogens (tertiary/aromatic N) is 1. The summed E-state index contributed by atoms with van der Waals surface area (Å²) in [6.07, 6.45) is 6.22. The van der Waals surface area contributed by atoms with Crippen LogP contribution in [0.2, 0.25) is 0 Å². The molecular formula is C20H28FNO3. The van der Waals surface area contributed by atoms with Crippen molar-refractivity contribution in [1.82, 2.24) is 4.90 Å². The van der Waals surface area contributed by atoms with Crippen LogP contribution in [0.1, 0.15) is 69.5 Å². The summed E-state index contributed by atoms with van der Waals surface area (Å²) >= 11 is 0. The van der Waals surface area contributed by atoms with Crippen LogP contribution in [-0.4, -0.2) is 39.2 Å². The highest BCUT2D eigenvalue weighted by Crippen LogP contribution is 2.34. The van der Waals surface area contributed by atoms with Crippen molar-refractivity contribution >= 4 is 5.91 Å². The molecule has 138 valence electrons. The highest BCUT2D eigenvalue weighted by atomic mass is 19.1. The Morgan fingerprint density at radius 3 is 2.56 bits per heavy atom. The number of rotatable bonds is 5. The quantitative estimate of drug-likeness (QED) is 0.857. The molecule has 1 heterocycles. The summed E-state index contributed by atoms with van der Waals surface area (Å²) in [6.45, 7) is 0.690. The maximum atomic E-state index is 13.0. The molecule has 1 aliphatic carbocycles. The van der Waals surface area contributed by atoms with E-state index >= 15 is 0 Å². The maximum Gasteiger partial charge on any atom is 0.225 e. The molecule has 1 aromatic rings. The van der Waals surface area contributed by atoms with Crippen LogP contribution < -0.4 is 0 Å². The predicted molar refractivity (Wildman–Crippen MR) is 93.4 cm³/mol. The minimum atomic E-state index is -0.849. The van der Waals surface area contributed by atoms with Gasteiger partial charge >= 0.3 is 0 Å². The van der Waals surface area contributed by atoms with Crippen LogP contribution in [0.4, 0.5) is 4.39 Å². The Balaban J connectivity index is 1.59. The Bertz CT molecular complexity index is 583. The fraction of sp³-hybridized carbons (Fsp3) is 0.650. The van der Waals surface area contributed by atoms with E-state index in [1.54, 1.807) is 12.1 Å². The van der Waals surface area contributed by atoms with Crippen LogP contribution in [-0.2, 0) is 4.79 Å². The van der Waals surface area contributed by atoms with E-state index in [9.17, 15) is 19.4 Å². The van der Waals surface area contributed by atoms with Gasteiger partial charge in [0.2, 0.25) is 5.91 Å². The number of carbonyl (C=O) groups excluding carboxylic acids is 1. The summed E-state index contributed by atoms with van der Waals surface area (Å²) in [7, 11) is 0. The van der Waals surface area contributed by atoms with Gasteiger partial charge in [0.15, 0.2) is 0 Å². The third-order valence-electron chi connectivity index (χ3n) is 5.71. The van der Waals surface area contributed by atoms with E-state index in [4.69, 9.17) is 0 Å². The second-order valence-corrected chi connectivity index (χ2v) is 7.65. The summed E-state index contributed by atoms with van der Waals surface area (Å²) in [5.74, 6) is -0.326. The van der Waals surface area contributed by atoms with Gasteiger partial charge in [-0.25, -0.2) is 4.39 Å². The van der Waals surface area contributed by atoms with E-state index in [1.165, 1.54) is 12.1 Å². The first kappa shape index (κ1) is 18.3. The van der Waals surface area contributed by atoms with Crippen molar-refractivity contribution < 1.29 is 19.4 Å². The Hall–Kier alpha value is -1.46. The van der Waals surface area contributed by atoms with Gasteiger partial charge in [-0.15, -0.1) is 0 Å². The summed E-state index contributed by atoms with van der Waals surface area (Å²) in [5.41, 5.74) is -0.176. The molecule has 1 aliphatic heterocycles. The fourth-order valence-electron chi connectivity index (χ4n) is 4.26. The number of halogens is 1. The molecule has 2 fully saturated rings. The van der Waals surface area contributed by atoms with Crippen LogP contribution in [0.5, 0.6) is 0 Å². The zero-order valence-corrected chi connectivity index (χ0v) is 14.7. The van der Waals surface area contributed by atoms with Gasteiger partial charge < -0.3 is 15.1 Å². The van der Waals surface area contributed by atoms with E-state index in [-0.39, 0.29) is 24.2 Å². The van der Waals surface area contributed by atoms with E-state index in [0.717, 1.165) is 32.1 Å². The first-order valence-corrected chi connectivity index (χ1v) is 9.42. The molecule has 4 nitrogen and oxygen atoms in total. The van der Waals surface area contributed by atoms with Crippen LogP contribution in [0.3, 0.4) is 0 Å². The molecule has 0 spiro atoms. The third kappa shape index (κ3) is 4.59. The molecular weight excluding hydrogens is 321 g/mol. The van der Waals surface area contributed by atoms with Crippen molar-refractivity contribution in [3.8, 4) is 0 Å². The number of aliphatic hydroxyl groups excluding tert-OH is 1. The van der Waals surface area contributed by atoms with E-state index in [1.807, 2.05) is 4.90 Å². The first-order chi connectivity index (χ1) is 12.0. The molecule has 25 heavy (non-hydrogen) atoms. The van der Waals surface area contributed by atoms with E-state index in [0.29, 0.717) is 31.4 Å². The van der Waals surface area contributed by atoms with Crippen LogP contribution >= 0.6 is 0 Å². The average molecular weight is 349 g/mol. The molecule has 2 N–H and O–H groups in total. The molecule has 2 unspecified atom stereocenters. The largest absolute Gasteiger partial charge is 0.389 e. The van der Waals surface area contributed by atoms with Crippen LogP contribution in [0.25, 0.3) is 0 Å². The van der Waals surface area contributed by atoms with Gasteiger partial charge in [-0.05, 0) is 49.8 Å². The molecule has 1 amide bonds. The Morgan fingerprint density at radius 1 is 1.20 bits per heavy atom. The lowest BCUT2D eigenvalue weighted by Gasteiger charge is -2.34. The number of hydrogen-bond donors (Lipinski definition) is 2. The van der Waals surface area contributed by atoms with Crippen molar-refractivity contribution in [1.29, 1.82) is 0 Å². The second-order valence-electron chi connectivity index (χ2n) is 7.65. The lowest BCUT2D eigenvalue weighted by atomic mass is 9.82. The maximum absolute atomic E-state index is 13.0. The van der Waals surface area contributed by atoms with Crippen molar-refractivity contribution in [2.45, 2.75) is 75.5 Å². The third-order valence-corrected chi connectivity index (χ3v) is 5.71. The van der Waals surface area contributed by atoms with Gasteiger partial charge in [0, 0.05) is 12.6 Å². The fourth-order valence-corrected chi connectivity index (χ4v) is 4.26. The minimum absolute atomic E-state index is 0.00166. The van der Waals surface area contributed by atoms with Crippen molar-refractivity contribution in [3.05, 3.63) is 35.6 Å². The van der Waals surface area contributed by atoms with Crippen molar-refractivity contribution in [3.63, 3.8) is 0 Å². The highest BCUT2D eigenvalue weighted by molar-refractivity contribution is 5.78. The molecule has 1 saturated heterocycles. The molecule has 3 rings (SSSR count). The summed E-state index contributed by atoms with van der Waals surface area (Å²) in [4.78, 5) is 14.6. The summed E-state index contributed by atoms with van der Waals surface area (Å²) in [5, 5.41) is 21.1. The lowest BCUT2D eigenvalue weighted by Crippen LogP contribution is -2.43. The van der Waals surface area contributed by atoms with Gasteiger partial charge in [-0.2, -0.15) is 0 Å². The Morgan fingerprint density at radius 2 is 1.88 bits per heavy atom. The van der Waals surface area contributed by atoms with E-state index < -0.39 is 11.7 Å². The number of likely N-dealkylation sites (tertiary alicyclic amines) is 1. The standard InChI is InChI=1S/C20H28FNO3/c21-16-8-6-15(7-9-16)18(23)13-17-5-4-12-22(17)19(24)14-20(25)10-2-1-3-11-20/h6-9,17-18,23,25H,1-5,10-14H2.